The number of anilines is 1. The molecule has 3 heterocycles. The highest BCUT2D eigenvalue weighted by Gasteiger charge is 2.27. The topological polar surface area (TPSA) is 91.3 Å². The molecule has 1 aliphatic heterocycles. The van der Waals surface area contributed by atoms with Gasteiger partial charge < -0.3 is 14.8 Å². The highest BCUT2D eigenvalue weighted by molar-refractivity contribution is 7.09. The van der Waals surface area contributed by atoms with Gasteiger partial charge in [-0.2, -0.15) is 4.37 Å². The molecule has 0 aliphatic carbocycles. The summed E-state index contributed by atoms with van der Waals surface area (Å²) in [6.45, 7) is 9.00. The van der Waals surface area contributed by atoms with Crippen LogP contribution in [0.4, 0.5) is 5.69 Å². The van der Waals surface area contributed by atoms with Gasteiger partial charge in [0.05, 0.1) is 5.52 Å². The van der Waals surface area contributed by atoms with Gasteiger partial charge in [-0.1, -0.05) is 24.6 Å². The number of hydrogen-bond donors (Lipinski definition) is 1. The molecule has 0 atom stereocenters. The molecule has 2 aromatic heterocycles. The van der Waals surface area contributed by atoms with Gasteiger partial charge in [-0.15, -0.1) is 0 Å². The van der Waals surface area contributed by atoms with Crippen LogP contribution in [0.2, 0.25) is 0 Å². The van der Waals surface area contributed by atoms with E-state index in [1.807, 2.05) is 6.92 Å². The van der Waals surface area contributed by atoms with Crippen LogP contribution in [0.3, 0.4) is 0 Å². The third kappa shape index (κ3) is 3.54. The zero-order chi connectivity index (χ0) is 21.4. The van der Waals surface area contributed by atoms with Gasteiger partial charge in [0.25, 0.3) is 11.5 Å². The summed E-state index contributed by atoms with van der Waals surface area (Å²) >= 11 is 0.977. The zero-order valence-corrected chi connectivity index (χ0v) is 18.2. The molecule has 158 valence electrons. The summed E-state index contributed by atoms with van der Waals surface area (Å²) in [5, 5.41) is 0. The van der Waals surface area contributed by atoms with Crippen molar-refractivity contribution in [2.24, 2.45) is 0 Å². The number of aromatic nitrogens is 3. The molecular formula is C21H25N5O3S. The first-order valence-corrected chi connectivity index (χ1v) is 10.9. The monoisotopic (exact) mass is 427 g/mol. The molecule has 0 saturated carbocycles. The quantitative estimate of drug-likeness (QED) is 0.689. The van der Waals surface area contributed by atoms with Crippen LogP contribution in [-0.2, 0) is 6.54 Å². The number of aromatic amines is 1. The van der Waals surface area contributed by atoms with Crippen molar-refractivity contribution in [2.75, 3.05) is 31.1 Å². The van der Waals surface area contributed by atoms with E-state index in [2.05, 4.69) is 46.3 Å². The van der Waals surface area contributed by atoms with Crippen LogP contribution >= 0.6 is 11.5 Å². The molecule has 1 amide bonds. The average molecular weight is 428 g/mol. The summed E-state index contributed by atoms with van der Waals surface area (Å²) in [7, 11) is 0. The van der Waals surface area contributed by atoms with Crippen molar-refractivity contribution in [2.45, 2.75) is 33.7 Å². The standard InChI is InChI=1S/C21H25N5O3S/c1-4-7-26-19(27)17-16(22-21(26)29)18(30-23-17)20(28)25-10-8-24(9-11-25)15-6-5-13(2)12-14(15)3/h5-6,12H,4,7-11H2,1-3H3,(H,22,29). The number of benzene rings is 1. The summed E-state index contributed by atoms with van der Waals surface area (Å²) in [6.07, 6.45) is 0.662. The van der Waals surface area contributed by atoms with Crippen LogP contribution in [-0.4, -0.2) is 50.9 Å². The van der Waals surface area contributed by atoms with E-state index in [1.165, 1.54) is 16.8 Å². The van der Waals surface area contributed by atoms with E-state index in [4.69, 9.17) is 0 Å². The molecule has 4 rings (SSSR count). The first-order valence-electron chi connectivity index (χ1n) is 10.1. The van der Waals surface area contributed by atoms with Gasteiger partial charge in [-0.3, -0.25) is 14.2 Å². The number of nitrogens with one attached hydrogen (secondary N) is 1. The number of carbonyl (C=O) groups is 1. The molecule has 30 heavy (non-hydrogen) atoms. The Kier molecular flexibility index (Phi) is 5.46. The Morgan fingerprint density at radius 3 is 2.57 bits per heavy atom. The largest absolute Gasteiger partial charge is 0.368 e. The van der Waals surface area contributed by atoms with E-state index in [0.717, 1.165) is 29.2 Å². The molecule has 9 heteroatoms. The van der Waals surface area contributed by atoms with Crippen LogP contribution in [0.25, 0.3) is 11.0 Å². The predicted octanol–water partition coefficient (Wildman–Crippen LogP) is 2.14. The summed E-state index contributed by atoms with van der Waals surface area (Å²) in [5.74, 6) is -0.189. The average Bonchev–Trinajstić information content (AvgIpc) is 3.14. The molecule has 1 N–H and O–H groups in total. The summed E-state index contributed by atoms with van der Waals surface area (Å²) < 4.78 is 5.32. The van der Waals surface area contributed by atoms with Crippen molar-refractivity contribution < 1.29 is 4.79 Å². The Balaban J connectivity index is 1.55. The van der Waals surface area contributed by atoms with E-state index in [0.29, 0.717) is 30.9 Å². The minimum atomic E-state index is -0.497. The van der Waals surface area contributed by atoms with E-state index >= 15 is 0 Å². The van der Waals surface area contributed by atoms with Crippen LogP contribution < -0.4 is 16.1 Å². The van der Waals surface area contributed by atoms with Gasteiger partial charge in [0.15, 0.2) is 5.52 Å². The van der Waals surface area contributed by atoms with Crippen molar-refractivity contribution in [3.05, 3.63) is 55.0 Å². The number of carbonyl (C=O) groups excluding carboxylic acids is 1. The first-order chi connectivity index (χ1) is 14.4. The Morgan fingerprint density at radius 1 is 1.17 bits per heavy atom. The molecule has 1 saturated heterocycles. The molecule has 0 unspecified atom stereocenters. The molecule has 3 aromatic rings. The number of rotatable bonds is 4. The number of nitrogens with zero attached hydrogens (tertiary/aromatic N) is 4. The van der Waals surface area contributed by atoms with Gasteiger partial charge in [-0.25, -0.2) is 4.79 Å². The molecule has 8 nitrogen and oxygen atoms in total. The fourth-order valence-electron chi connectivity index (χ4n) is 3.97. The van der Waals surface area contributed by atoms with Gasteiger partial charge >= 0.3 is 5.69 Å². The Labute approximate surface area is 177 Å². The van der Waals surface area contributed by atoms with E-state index in [1.54, 1.807) is 4.90 Å². The number of H-pyrrole nitrogens is 1. The summed E-state index contributed by atoms with van der Waals surface area (Å²) in [5.41, 5.74) is 3.12. The number of aryl methyl sites for hydroxylation is 2. The smallest absolute Gasteiger partial charge is 0.328 e. The second kappa shape index (κ2) is 8.06. The normalized spacial score (nSPS) is 14.5. The predicted molar refractivity (Wildman–Crippen MR) is 119 cm³/mol. The highest BCUT2D eigenvalue weighted by Crippen LogP contribution is 2.24. The fourth-order valence-corrected chi connectivity index (χ4v) is 4.77. The fraction of sp³-hybridized carbons (Fsp3) is 0.429. The lowest BCUT2D eigenvalue weighted by atomic mass is 10.1. The van der Waals surface area contributed by atoms with Crippen LogP contribution in [0.1, 0.15) is 34.1 Å². The maximum Gasteiger partial charge on any atom is 0.328 e. The lowest BCUT2D eigenvalue weighted by Crippen LogP contribution is -2.49. The van der Waals surface area contributed by atoms with Crippen molar-refractivity contribution in [3.8, 4) is 0 Å². The number of hydrogen-bond acceptors (Lipinski definition) is 6. The van der Waals surface area contributed by atoms with Crippen LogP contribution in [0.5, 0.6) is 0 Å². The third-order valence-corrected chi connectivity index (χ3v) is 6.35. The molecular weight excluding hydrogens is 402 g/mol. The maximum absolute atomic E-state index is 13.1. The van der Waals surface area contributed by atoms with Crippen molar-refractivity contribution in [1.29, 1.82) is 0 Å². The number of piperazine rings is 1. The first kappa shape index (κ1) is 20.3. The minimum absolute atomic E-state index is 0.158. The summed E-state index contributed by atoms with van der Waals surface area (Å²) in [6, 6.07) is 6.40. The SMILES string of the molecule is CCCn1c(=O)[nH]c2c(C(=O)N3CCN(c4ccc(C)cc4C)CC3)snc2c1=O. The highest BCUT2D eigenvalue weighted by atomic mass is 32.1. The second-order valence-corrected chi connectivity index (χ2v) is 8.46. The number of amides is 1. The maximum atomic E-state index is 13.1. The lowest BCUT2D eigenvalue weighted by Gasteiger charge is -2.36. The van der Waals surface area contributed by atoms with Gasteiger partial charge in [0, 0.05) is 38.4 Å². The molecule has 0 spiro atoms. The Bertz CT molecular complexity index is 1220. The van der Waals surface area contributed by atoms with Gasteiger partial charge in [-0.05, 0) is 43.4 Å². The van der Waals surface area contributed by atoms with Crippen molar-refractivity contribution in [3.63, 3.8) is 0 Å². The molecule has 1 aliphatic rings. The van der Waals surface area contributed by atoms with Crippen molar-refractivity contribution >= 4 is 34.2 Å². The molecule has 0 bridgehead atoms. The van der Waals surface area contributed by atoms with E-state index in [9.17, 15) is 14.4 Å². The molecule has 1 aromatic carbocycles. The Hall–Kier alpha value is -2.94. The second-order valence-electron chi connectivity index (χ2n) is 7.69. The van der Waals surface area contributed by atoms with Crippen LogP contribution in [0, 0.1) is 13.8 Å². The van der Waals surface area contributed by atoms with Gasteiger partial charge in [0.2, 0.25) is 0 Å². The zero-order valence-electron chi connectivity index (χ0n) is 17.4. The lowest BCUT2D eigenvalue weighted by molar-refractivity contribution is 0.0753. The van der Waals surface area contributed by atoms with Gasteiger partial charge in [0.1, 0.15) is 4.88 Å². The summed E-state index contributed by atoms with van der Waals surface area (Å²) in [4.78, 5) is 45.0. The number of fused-ring (bicyclic) bond motifs is 1. The van der Waals surface area contributed by atoms with E-state index < -0.39 is 11.2 Å². The minimum Gasteiger partial charge on any atom is -0.368 e. The van der Waals surface area contributed by atoms with Crippen LogP contribution in [0.15, 0.2) is 27.8 Å². The molecule has 0 radical (unpaired) electrons. The third-order valence-electron chi connectivity index (χ3n) is 5.52. The molecule has 1 fully saturated rings. The van der Waals surface area contributed by atoms with Crippen molar-refractivity contribution in [1.82, 2.24) is 18.8 Å². The Morgan fingerprint density at radius 2 is 1.90 bits per heavy atom. The van der Waals surface area contributed by atoms with E-state index in [-0.39, 0.29) is 16.9 Å².